The molecular formula is C21H25N5. The quantitative estimate of drug-likeness (QED) is 0.669. The molecule has 0 aliphatic carbocycles. The average molecular weight is 347 g/mol. The largest absolute Gasteiger partial charge is 0.363 e. The monoisotopic (exact) mass is 347 g/mol. The molecule has 0 atom stereocenters. The molecule has 0 fully saturated rings. The molecule has 1 aromatic heterocycles. The van der Waals surface area contributed by atoms with Gasteiger partial charge in [0.2, 0.25) is 5.95 Å². The van der Waals surface area contributed by atoms with Crippen LogP contribution in [0.15, 0.2) is 60.7 Å². The van der Waals surface area contributed by atoms with Gasteiger partial charge in [0.1, 0.15) is 11.6 Å². The minimum atomic E-state index is 0.627. The van der Waals surface area contributed by atoms with E-state index in [1.807, 2.05) is 31.1 Å². The molecule has 0 aliphatic rings. The van der Waals surface area contributed by atoms with Gasteiger partial charge in [-0.2, -0.15) is 9.97 Å². The second kappa shape index (κ2) is 8.34. The van der Waals surface area contributed by atoms with Crippen LogP contribution in [0.5, 0.6) is 0 Å². The number of hydrogen-bond acceptors (Lipinski definition) is 5. The van der Waals surface area contributed by atoms with Crippen LogP contribution in [0.25, 0.3) is 0 Å². The molecule has 0 aliphatic heterocycles. The van der Waals surface area contributed by atoms with Gasteiger partial charge in [-0.15, -0.1) is 0 Å². The third-order valence-corrected chi connectivity index (χ3v) is 4.03. The fourth-order valence-electron chi connectivity index (χ4n) is 2.55. The molecule has 0 amide bonds. The Balaban J connectivity index is 1.72. The van der Waals surface area contributed by atoms with Gasteiger partial charge in [0.05, 0.1) is 0 Å². The first-order valence-electron chi connectivity index (χ1n) is 8.78. The average Bonchev–Trinajstić information content (AvgIpc) is 2.64. The Kier molecular flexibility index (Phi) is 5.69. The molecule has 5 heteroatoms. The van der Waals surface area contributed by atoms with Gasteiger partial charge in [-0.1, -0.05) is 48.0 Å². The van der Waals surface area contributed by atoms with Gasteiger partial charge in [0.15, 0.2) is 0 Å². The molecule has 5 nitrogen and oxygen atoms in total. The number of anilines is 4. The van der Waals surface area contributed by atoms with Gasteiger partial charge in [-0.05, 0) is 31.0 Å². The van der Waals surface area contributed by atoms with E-state index >= 15 is 0 Å². The van der Waals surface area contributed by atoms with Crippen molar-refractivity contribution in [3.8, 4) is 0 Å². The Morgan fingerprint density at radius 3 is 2.35 bits per heavy atom. The number of nitrogens with one attached hydrogen (secondary N) is 2. The van der Waals surface area contributed by atoms with Crippen LogP contribution in [0.2, 0.25) is 0 Å². The van der Waals surface area contributed by atoms with E-state index in [2.05, 4.69) is 76.1 Å². The number of rotatable bonds is 7. The summed E-state index contributed by atoms with van der Waals surface area (Å²) in [5, 5.41) is 6.69. The summed E-state index contributed by atoms with van der Waals surface area (Å²) in [6.07, 6.45) is 0.928. The first-order valence-corrected chi connectivity index (χ1v) is 8.78. The maximum atomic E-state index is 4.60. The summed E-state index contributed by atoms with van der Waals surface area (Å²) in [7, 11) is 3.96. The number of nitrogens with zero attached hydrogens (tertiary/aromatic N) is 3. The highest BCUT2D eigenvalue weighted by Crippen LogP contribution is 2.21. The summed E-state index contributed by atoms with van der Waals surface area (Å²) >= 11 is 0. The van der Waals surface area contributed by atoms with E-state index in [0.717, 1.165) is 30.3 Å². The number of aryl methyl sites for hydroxylation is 1. The van der Waals surface area contributed by atoms with Crippen LogP contribution >= 0.6 is 0 Å². The first-order chi connectivity index (χ1) is 12.6. The molecular weight excluding hydrogens is 322 g/mol. The van der Waals surface area contributed by atoms with E-state index in [1.165, 1.54) is 11.1 Å². The van der Waals surface area contributed by atoms with Crippen molar-refractivity contribution < 1.29 is 0 Å². The van der Waals surface area contributed by atoms with Crippen LogP contribution in [0.1, 0.15) is 11.1 Å². The molecule has 2 aromatic carbocycles. The molecule has 0 saturated heterocycles. The van der Waals surface area contributed by atoms with E-state index in [-0.39, 0.29) is 0 Å². The minimum absolute atomic E-state index is 0.627. The summed E-state index contributed by atoms with van der Waals surface area (Å²) < 4.78 is 0. The Bertz CT molecular complexity index is 829. The van der Waals surface area contributed by atoms with Gasteiger partial charge < -0.3 is 15.5 Å². The fourth-order valence-corrected chi connectivity index (χ4v) is 2.55. The molecule has 134 valence electrons. The third kappa shape index (κ3) is 4.96. The molecule has 1 heterocycles. The van der Waals surface area contributed by atoms with Crippen LogP contribution < -0.4 is 15.5 Å². The maximum absolute atomic E-state index is 4.60. The van der Waals surface area contributed by atoms with E-state index in [0.29, 0.717) is 5.95 Å². The lowest BCUT2D eigenvalue weighted by atomic mass is 10.1. The molecule has 0 spiro atoms. The van der Waals surface area contributed by atoms with Crippen molar-refractivity contribution in [3.05, 3.63) is 71.8 Å². The highest BCUT2D eigenvalue weighted by molar-refractivity contribution is 5.61. The van der Waals surface area contributed by atoms with Crippen molar-refractivity contribution in [1.82, 2.24) is 9.97 Å². The Morgan fingerprint density at radius 2 is 1.65 bits per heavy atom. The Morgan fingerprint density at radius 1 is 0.923 bits per heavy atom. The standard InChI is InChI=1S/C21H25N5/c1-16-9-11-18(12-10-16)23-19-15-20(26(2)3)25-21(24-19)22-14-13-17-7-5-4-6-8-17/h4-12,15H,13-14H2,1-3H3,(H2,22,23,24,25). The van der Waals surface area contributed by atoms with Crippen molar-refractivity contribution in [1.29, 1.82) is 0 Å². The molecule has 0 bridgehead atoms. The fraction of sp³-hybridized carbons (Fsp3) is 0.238. The van der Waals surface area contributed by atoms with Gasteiger partial charge >= 0.3 is 0 Å². The van der Waals surface area contributed by atoms with Crippen LogP contribution in [0, 0.1) is 6.92 Å². The highest BCUT2D eigenvalue weighted by atomic mass is 15.2. The lowest BCUT2D eigenvalue weighted by Crippen LogP contribution is -2.15. The maximum Gasteiger partial charge on any atom is 0.226 e. The predicted octanol–water partition coefficient (Wildman–Crippen LogP) is 4.25. The highest BCUT2D eigenvalue weighted by Gasteiger charge is 2.07. The molecule has 0 saturated carbocycles. The van der Waals surface area contributed by atoms with E-state index in [1.54, 1.807) is 0 Å². The van der Waals surface area contributed by atoms with Crippen molar-refractivity contribution >= 4 is 23.3 Å². The zero-order valence-electron chi connectivity index (χ0n) is 15.5. The van der Waals surface area contributed by atoms with E-state index < -0.39 is 0 Å². The summed E-state index contributed by atoms with van der Waals surface area (Å²) in [4.78, 5) is 11.2. The third-order valence-electron chi connectivity index (χ3n) is 4.03. The van der Waals surface area contributed by atoms with Crippen molar-refractivity contribution in [2.24, 2.45) is 0 Å². The van der Waals surface area contributed by atoms with Crippen LogP contribution in [0.4, 0.5) is 23.3 Å². The molecule has 3 aromatic rings. The normalized spacial score (nSPS) is 10.4. The van der Waals surface area contributed by atoms with Crippen molar-refractivity contribution in [2.75, 3.05) is 36.2 Å². The van der Waals surface area contributed by atoms with Crippen LogP contribution in [-0.4, -0.2) is 30.6 Å². The van der Waals surface area contributed by atoms with Crippen LogP contribution in [0.3, 0.4) is 0 Å². The molecule has 26 heavy (non-hydrogen) atoms. The topological polar surface area (TPSA) is 53.1 Å². The first kappa shape index (κ1) is 17.7. The summed E-state index contributed by atoms with van der Waals surface area (Å²) in [6.45, 7) is 2.86. The van der Waals surface area contributed by atoms with Gasteiger partial charge in [-0.25, -0.2) is 0 Å². The van der Waals surface area contributed by atoms with Gasteiger partial charge in [-0.3, -0.25) is 0 Å². The molecule has 0 radical (unpaired) electrons. The van der Waals surface area contributed by atoms with Crippen LogP contribution in [-0.2, 0) is 6.42 Å². The number of benzene rings is 2. The number of aromatic nitrogens is 2. The summed E-state index contributed by atoms with van der Waals surface area (Å²) in [5.41, 5.74) is 3.53. The smallest absolute Gasteiger partial charge is 0.226 e. The van der Waals surface area contributed by atoms with Gasteiger partial charge in [0, 0.05) is 32.4 Å². The minimum Gasteiger partial charge on any atom is -0.363 e. The lowest BCUT2D eigenvalue weighted by Gasteiger charge is -2.15. The van der Waals surface area contributed by atoms with Crippen molar-refractivity contribution in [3.63, 3.8) is 0 Å². The predicted molar refractivity (Wildman–Crippen MR) is 109 cm³/mol. The van der Waals surface area contributed by atoms with E-state index in [9.17, 15) is 0 Å². The molecule has 0 unspecified atom stereocenters. The zero-order chi connectivity index (χ0) is 18.4. The SMILES string of the molecule is Cc1ccc(Nc2cc(N(C)C)nc(NCCc3ccccc3)n2)cc1. The Hall–Kier alpha value is -3.08. The van der Waals surface area contributed by atoms with E-state index in [4.69, 9.17) is 0 Å². The summed E-state index contributed by atoms with van der Waals surface area (Å²) in [5.74, 6) is 2.26. The Labute approximate surface area is 155 Å². The zero-order valence-corrected chi connectivity index (χ0v) is 15.5. The molecule has 3 rings (SSSR count). The molecule has 2 N–H and O–H groups in total. The second-order valence-electron chi connectivity index (χ2n) is 6.48. The number of hydrogen-bond donors (Lipinski definition) is 2. The summed E-state index contributed by atoms with van der Waals surface area (Å²) in [6, 6.07) is 20.6. The lowest BCUT2D eigenvalue weighted by molar-refractivity contribution is 0.971. The second-order valence-corrected chi connectivity index (χ2v) is 6.48. The van der Waals surface area contributed by atoms with Gasteiger partial charge in [0.25, 0.3) is 0 Å². The van der Waals surface area contributed by atoms with Crippen molar-refractivity contribution in [2.45, 2.75) is 13.3 Å².